The van der Waals surface area contributed by atoms with Gasteiger partial charge in [-0.05, 0) is 47.5 Å². The monoisotopic (exact) mass is 351 g/mol. The number of halogens is 1. The Kier molecular flexibility index (Phi) is 5.31. The van der Waals surface area contributed by atoms with Crippen molar-refractivity contribution in [2.75, 3.05) is 5.32 Å². The molecule has 0 aliphatic heterocycles. The molecule has 0 heterocycles. The van der Waals surface area contributed by atoms with E-state index in [2.05, 4.69) is 21.9 Å². The van der Waals surface area contributed by atoms with Crippen LogP contribution in [0.2, 0.25) is 5.02 Å². The van der Waals surface area contributed by atoms with E-state index in [4.69, 9.17) is 11.6 Å². The summed E-state index contributed by atoms with van der Waals surface area (Å²) in [6.07, 6.45) is 1.64. The van der Waals surface area contributed by atoms with Gasteiger partial charge in [0.15, 0.2) is 0 Å². The number of nitrogens with one attached hydrogen (secondary N) is 2. The van der Waals surface area contributed by atoms with Crippen LogP contribution in [0.5, 0.6) is 0 Å². The molecule has 25 heavy (non-hydrogen) atoms. The van der Waals surface area contributed by atoms with Crippen LogP contribution in [0.1, 0.15) is 12.5 Å². The Balaban J connectivity index is 1.59. The largest absolute Gasteiger partial charge is 0.374 e. The second-order valence-corrected chi connectivity index (χ2v) is 6.15. The second-order valence-electron chi connectivity index (χ2n) is 5.72. The third-order valence-electron chi connectivity index (χ3n) is 3.76. The highest BCUT2D eigenvalue weighted by atomic mass is 35.5. The molecule has 0 saturated carbocycles. The lowest BCUT2D eigenvalue weighted by atomic mass is 10.1. The quantitative estimate of drug-likeness (QED) is 0.527. The van der Waals surface area contributed by atoms with E-state index in [9.17, 15) is 4.79 Å². The first-order chi connectivity index (χ1) is 12.1. The number of nitrogens with zero attached hydrogens (tertiary/aromatic N) is 1. The molecule has 0 aromatic heterocycles. The number of carbonyl (C=O) groups excluding carboxylic acids is 1. The van der Waals surface area contributed by atoms with Crippen LogP contribution >= 0.6 is 11.6 Å². The van der Waals surface area contributed by atoms with Crippen molar-refractivity contribution in [3.63, 3.8) is 0 Å². The predicted molar refractivity (Wildman–Crippen MR) is 104 cm³/mol. The van der Waals surface area contributed by atoms with Crippen molar-refractivity contribution >= 4 is 40.2 Å². The van der Waals surface area contributed by atoms with E-state index in [0.717, 1.165) is 16.6 Å². The summed E-state index contributed by atoms with van der Waals surface area (Å²) >= 11 is 5.94. The Labute approximate surface area is 151 Å². The van der Waals surface area contributed by atoms with Gasteiger partial charge >= 0.3 is 0 Å². The fraction of sp³-hybridized carbons (Fsp3) is 0.100. The molecular formula is C20H18ClN3O. The van der Waals surface area contributed by atoms with Crippen molar-refractivity contribution in [2.24, 2.45) is 5.10 Å². The van der Waals surface area contributed by atoms with Gasteiger partial charge in [0.2, 0.25) is 0 Å². The zero-order valence-corrected chi connectivity index (χ0v) is 14.5. The molecule has 126 valence electrons. The van der Waals surface area contributed by atoms with Crippen LogP contribution in [0, 0.1) is 0 Å². The van der Waals surface area contributed by atoms with Crippen molar-refractivity contribution in [3.8, 4) is 0 Å². The number of hydrogen-bond acceptors (Lipinski definition) is 3. The van der Waals surface area contributed by atoms with Crippen molar-refractivity contribution in [1.82, 2.24) is 5.43 Å². The summed E-state index contributed by atoms with van der Waals surface area (Å²) in [5.74, 6) is -0.225. The molecule has 3 aromatic carbocycles. The molecule has 0 fully saturated rings. The van der Waals surface area contributed by atoms with Crippen LogP contribution in [-0.4, -0.2) is 18.2 Å². The van der Waals surface area contributed by atoms with Gasteiger partial charge in [-0.25, -0.2) is 5.43 Å². The van der Waals surface area contributed by atoms with Crippen LogP contribution in [0.3, 0.4) is 0 Å². The molecule has 0 aliphatic carbocycles. The van der Waals surface area contributed by atoms with Gasteiger partial charge in [-0.1, -0.05) is 54.1 Å². The molecule has 4 nitrogen and oxygen atoms in total. The summed E-state index contributed by atoms with van der Waals surface area (Å²) in [4.78, 5) is 12.1. The Bertz CT molecular complexity index is 923. The van der Waals surface area contributed by atoms with E-state index >= 15 is 0 Å². The van der Waals surface area contributed by atoms with Gasteiger partial charge in [-0.3, -0.25) is 4.79 Å². The molecule has 5 heteroatoms. The highest BCUT2D eigenvalue weighted by molar-refractivity contribution is 6.30. The molecule has 0 saturated heterocycles. The smallest absolute Gasteiger partial charge is 0.262 e. The fourth-order valence-corrected chi connectivity index (χ4v) is 2.64. The topological polar surface area (TPSA) is 53.5 Å². The van der Waals surface area contributed by atoms with E-state index in [0.29, 0.717) is 5.02 Å². The van der Waals surface area contributed by atoms with Gasteiger partial charge in [0.25, 0.3) is 5.91 Å². The fourth-order valence-electron chi connectivity index (χ4n) is 2.45. The molecule has 0 bridgehead atoms. The number of benzene rings is 3. The van der Waals surface area contributed by atoms with E-state index in [1.807, 2.05) is 48.5 Å². The summed E-state index contributed by atoms with van der Waals surface area (Å²) < 4.78 is 0. The van der Waals surface area contributed by atoms with Crippen LogP contribution in [-0.2, 0) is 4.79 Å². The van der Waals surface area contributed by atoms with Crippen LogP contribution in [0.4, 0.5) is 5.69 Å². The van der Waals surface area contributed by atoms with E-state index in [-0.39, 0.29) is 5.91 Å². The number of amides is 1. The number of hydrazone groups is 1. The zero-order valence-electron chi connectivity index (χ0n) is 13.7. The molecule has 0 radical (unpaired) electrons. The lowest BCUT2D eigenvalue weighted by molar-refractivity contribution is -0.121. The lowest BCUT2D eigenvalue weighted by Crippen LogP contribution is -2.34. The summed E-state index contributed by atoms with van der Waals surface area (Å²) in [5, 5.41) is 10.0. The molecule has 0 unspecified atom stereocenters. The molecule has 1 amide bonds. The van der Waals surface area contributed by atoms with Gasteiger partial charge in [-0.15, -0.1) is 0 Å². The first kappa shape index (κ1) is 17.0. The normalized spacial score (nSPS) is 12.2. The molecule has 0 spiro atoms. The number of rotatable bonds is 5. The molecule has 3 rings (SSSR count). The predicted octanol–water partition coefficient (Wildman–Crippen LogP) is 4.44. The Hall–Kier alpha value is -2.85. The van der Waals surface area contributed by atoms with E-state index in [1.54, 1.807) is 25.3 Å². The van der Waals surface area contributed by atoms with E-state index < -0.39 is 6.04 Å². The minimum absolute atomic E-state index is 0.225. The molecule has 2 N–H and O–H groups in total. The number of carbonyl (C=O) groups is 1. The standard InChI is InChI=1S/C20H18ClN3O/c1-14(23-19-8-4-7-18(21)12-19)20(25)24-22-13-15-9-10-16-5-2-3-6-17(16)11-15/h2-14,23H,1H3,(H,24,25)/t14-/m1/s1. The third kappa shape index (κ3) is 4.58. The minimum atomic E-state index is -0.438. The van der Waals surface area contributed by atoms with Crippen molar-refractivity contribution < 1.29 is 4.79 Å². The maximum atomic E-state index is 12.1. The number of anilines is 1. The van der Waals surface area contributed by atoms with Crippen LogP contribution in [0.15, 0.2) is 71.8 Å². The third-order valence-corrected chi connectivity index (χ3v) is 4.00. The molecule has 1 atom stereocenters. The highest BCUT2D eigenvalue weighted by Crippen LogP contribution is 2.16. The summed E-state index contributed by atoms with van der Waals surface area (Å²) in [5.41, 5.74) is 4.26. The molecule has 3 aromatic rings. The van der Waals surface area contributed by atoms with Crippen LogP contribution in [0.25, 0.3) is 10.8 Å². The summed E-state index contributed by atoms with van der Waals surface area (Å²) in [6.45, 7) is 1.77. The van der Waals surface area contributed by atoms with Gasteiger partial charge in [0.1, 0.15) is 6.04 Å². The number of hydrogen-bond donors (Lipinski definition) is 2. The number of fused-ring (bicyclic) bond motifs is 1. The second kappa shape index (κ2) is 7.81. The molecule has 0 aliphatic rings. The highest BCUT2D eigenvalue weighted by Gasteiger charge is 2.11. The van der Waals surface area contributed by atoms with Gasteiger partial charge in [-0.2, -0.15) is 5.10 Å². The minimum Gasteiger partial charge on any atom is -0.374 e. The van der Waals surface area contributed by atoms with Gasteiger partial charge in [0, 0.05) is 10.7 Å². The SMILES string of the molecule is C[C@@H](Nc1cccc(Cl)c1)C(=O)NN=Cc1ccc2ccccc2c1. The first-order valence-electron chi connectivity index (χ1n) is 7.96. The summed E-state index contributed by atoms with van der Waals surface area (Å²) in [7, 11) is 0. The Morgan fingerprint density at radius 3 is 2.64 bits per heavy atom. The lowest BCUT2D eigenvalue weighted by Gasteiger charge is -2.13. The molecular weight excluding hydrogens is 334 g/mol. The van der Waals surface area contributed by atoms with E-state index in [1.165, 1.54) is 5.39 Å². The van der Waals surface area contributed by atoms with Gasteiger partial charge in [0.05, 0.1) is 6.21 Å². The Morgan fingerprint density at radius 1 is 1.04 bits per heavy atom. The zero-order chi connectivity index (χ0) is 17.6. The average molecular weight is 352 g/mol. The van der Waals surface area contributed by atoms with Crippen molar-refractivity contribution in [2.45, 2.75) is 13.0 Å². The van der Waals surface area contributed by atoms with Crippen molar-refractivity contribution in [3.05, 3.63) is 77.3 Å². The summed E-state index contributed by atoms with van der Waals surface area (Å²) in [6, 6.07) is 20.9. The van der Waals surface area contributed by atoms with Crippen molar-refractivity contribution in [1.29, 1.82) is 0 Å². The van der Waals surface area contributed by atoms with Crippen LogP contribution < -0.4 is 10.7 Å². The first-order valence-corrected chi connectivity index (χ1v) is 8.33. The maximum absolute atomic E-state index is 12.1. The Morgan fingerprint density at radius 2 is 1.84 bits per heavy atom. The van der Waals surface area contributed by atoms with Gasteiger partial charge < -0.3 is 5.32 Å². The maximum Gasteiger partial charge on any atom is 0.262 e. The average Bonchev–Trinajstić information content (AvgIpc) is 2.61.